The molecule has 16 heavy (non-hydrogen) atoms. The van der Waals surface area contributed by atoms with Gasteiger partial charge in [-0.15, -0.1) is 0 Å². The van der Waals surface area contributed by atoms with Gasteiger partial charge in [-0.25, -0.2) is 0 Å². The van der Waals surface area contributed by atoms with Crippen LogP contribution in [0.3, 0.4) is 0 Å². The lowest BCUT2D eigenvalue weighted by molar-refractivity contribution is -0.138. The Kier molecular flexibility index (Phi) is 7.78. The van der Waals surface area contributed by atoms with Crippen LogP contribution >= 0.6 is 0 Å². The van der Waals surface area contributed by atoms with Crippen LogP contribution in [0.5, 0.6) is 0 Å². The summed E-state index contributed by atoms with van der Waals surface area (Å²) in [7, 11) is 0. The summed E-state index contributed by atoms with van der Waals surface area (Å²) in [5.41, 5.74) is 0. The summed E-state index contributed by atoms with van der Waals surface area (Å²) in [6.07, 6.45) is -0.137. The van der Waals surface area contributed by atoms with Gasteiger partial charge >= 0.3 is 11.9 Å². The molecule has 0 unspecified atom stereocenters. The third kappa shape index (κ3) is 8.95. The zero-order valence-corrected chi connectivity index (χ0v) is 8.79. The summed E-state index contributed by atoms with van der Waals surface area (Å²) in [5, 5.41) is 17.0. The van der Waals surface area contributed by atoms with Crippen LogP contribution in [0.1, 0.15) is 12.8 Å². The molecule has 0 aromatic carbocycles. The molecule has 0 radical (unpaired) electrons. The van der Waals surface area contributed by atoms with Crippen LogP contribution in [0.4, 0.5) is 0 Å². The number of carboxylic acid groups (broad SMARTS) is 2. The summed E-state index contributed by atoms with van der Waals surface area (Å²) < 4.78 is 4.46. The van der Waals surface area contributed by atoms with Gasteiger partial charge in [-0.2, -0.15) is 0 Å². The van der Waals surface area contributed by atoms with Crippen LogP contribution in [-0.2, 0) is 19.1 Å². The average molecular weight is 233 g/mol. The highest BCUT2D eigenvalue weighted by Gasteiger charge is 2.09. The predicted molar refractivity (Wildman–Crippen MR) is 53.0 cm³/mol. The topological polar surface area (TPSA) is 104 Å². The van der Waals surface area contributed by atoms with Crippen LogP contribution in [0.15, 0.2) is 0 Å². The van der Waals surface area contributed by atoms with E-state index in [4.69, 9.17) is 10.2 Å². The van der Waals surface area contributed by atoms with Crippen molar-refractivity contribution in [1.82, 2.24) is 4.90 Å². The first-order valence-corrected chi connectivity index (χ1v) is 4.77. The fourth-order valence-corrected chi connectivity index (χ4v) is 1.07. The molecule has 0 aliphatic rings. The maximum atomic E-state index is 10.3. The molecule has 0 spiro atoms. The van der Waals surface area contributed by atoms with Crippen LogP contribution in [-0.4, -0.2) is 59.8 Å². The van der Waals surface area contributed by atoms with E-state index in [0.717, 1.165) is 0 Å². The maximum absolute atomic E-state index is 10.3. The highest BCUT2D eigenvalue weighted by Crippen LogP contribution is 1.95. The molecule has 0 heterocycles. The number of aliphatic carboxylic acids is 2. The Morgan fingerprint density at radius 2 is 1.56 bits per heavy atom. The van der Waals surface area contributed by atoms with Gasteiger partial charge in [-0.1, -0.05) is 0 Å². The van der Waals surface area contributed by atoms with Gasteiger partial charge in [0.2, 0.25) is 0 Å². The Bertz CT molecular complexity index is 224. The second-order valence-corrected chi connectivity index (χ2v) is 3.10. The highest BCUT2D eigenvalue weighted by atomic mass is 16.5. The molecule has 0 rings (SSSR count). The fourth-order valence-electron chi connectivity index (χ4n) is 1.07. The minimum Gasteiger partial charge on any atom is -0.481 e. The number of ether oxygens (including phenoxy) is 1. The zero-order chi connectivity index (χ0) is 12.4. The van der Waals surface area contributed by atoms with E-state index in [-0.39, 0.29) is 32.5 Å². The van der Waals surface area contributed by atoms with Crippen molar-refractivity contribution in [3.63, 3.8) is 0 Å². The van der Waals surface area contributed by atoms with Gasteiger partial charge < -0.3 is 14.9 Å². The third-order valence-corrected chi connectivity index (χ3v) is 1.88. The molecule has 92 valence electrons. The maximum Gasteiger partial charge on any atom is 0.304 e. The first-order chi connectivity index (χ1) is 7.56. The first kappa shape index (κ1) is 14.4. The van der Waals surface area contributed by atoms with Gasteiger partial charge in [0.1, 0.15) is 6.61 Å². The van der Waals surface area contributed by atoms with E-state index < -0.39 is 11.9 Å². The van der Waals surface area contributed by atoms with Crippen molar-refractivity contribution in [3.8, 4) is 0 Å². The number of carbonyl (C=O) groups is 3. The normalized spacial score (nSPS) is 10.1. The minimum atomic E-state index is -0.948. The second kappa shape index (κ2) is 8.66. The summed E-state index contributed by atoms with van der Waals surface area (Å²) in [6, 6.07) is 0. The van der Waals surface area contributed by atoms with E-state index in [9.17, 15) is 14.4 Å². The quantitative estimate of drug-likeness (QED) is 0.384. The minimum absolute atomic E-state index is 0.0687. The number of carboxylic acids is 2. The first-order valence-electron chi connectivity index (χ1n) is 4.77. The Balaban J connectivity index is 3.88. The lowest BCUT2D eigenvalue weighted by atomic mass is 10.3. The molecular weight excluding hydrogens is 218 g/mol. The van der Waals surface area contributed by atoms with Crippen molar-refractivity contribution in [2.75, 3.05) is 26.2 Å². The molecule has 0 saturated heterocycles. The van der Waals surface area contributed by atoms with Crippen molar-refractivity contribution in [2.24, 2.45) is 0 Å². The number of hydrogen-bond acceptors (Lipinski definition) is 5. The van der Waals surface area contributed by atoms with Crippen LogP contribution < -0.4 is 0 Å². The summed E-state index contributed by atoms with van der Waals surface area (Å²) in [5.74, 6) is -1.90. The summed E-state index contributed by atoms with van der Waals surface area (Å²) in [4.78, 5) is 32.2. The van der Waals surface area contributed by atoms with E-state index in [1.54, 1.807) is 4.90 Å². The molecule has 2 N–H and O–H groups in total. The van der Waals surface area contributed by atoms with Crippen LogP contribution in [0.25, 0.3) is 0 Å². The van der Waals surface area contributed by atoms with E-state index in [2.05, 4.69) is 4.74 Å². The van der Waals surface area contributed by atoms with Gasteiger partial charge in [0.05, 0.1) is 12.8 Å². The SMILES string of the molecule is O=COCCN(CCC(=O)O)CCC(=O)O. The number of carbonyl (C=O) groups excluding carboxylic acids is 1. The smallest absolute Gasteiger partial charge is 0.304 e. The van der Waals surface area contributed by atoms with Gasteiger partial charge in [0.15, 0.2) is 0 Å². The summed E-state index contributed by atoms with van der Waals surface area (Å²) in [6.45, 7) is 1.24. The van der Waals surface area contributed by atoms with Crippen molar-refractivity contribution in [3.05, 3.63) is 0 Å². The van der Waals surface area contributed by atoms with Gasteiger partial charge in [-0.05, 0) is 0 Å². The Labute approximate surface area is 92.6 Å². The van der Waals surface area contributed by atoms with E-state index >= 15 is 0 Å². The zero-order valence-electron chi connectivity index (χ0n) is 8.79. The molecule has 7 nitrogen and oxygen atoms in total. The Morgan fingerprint density at radius 3 is 1.94 bits per heavy atom. The van der Waals surface area contributed by atoms with E-state index in [0.29, 0.717) is 13.0 Å². The molecule has 0 atom stereocenters. The average Bonchev–Trinajstić information content (AvgIpc) is 2.21. The molecule has 7 heteroatoms. The molecule has 0 aliphatic carbocycles. The molecule has 0 saturated carbocycles. The predicted octanol–water partition coefficient (Wildman–Crippen LogP) is -0.589. The van der Waals surface area contributed by atoms with Crippen LogP contribution in [0, 0.1) is 0 Å². The molecular formula is C9H15NO6. The Morgan fingerprint density at radius 1 is 1.06 bits per heavy atom. The molecule has 0 aromatic heterocycles. The van der Waals surface area contributed by atoms with Crippen molar-refractivity contribution >= 4 is 18.4 Å². The molecule has 0 amide bonds. The fraction of sp³-hybridized carbons (Fsp3) is 0.667. The number of hydrogen-bond donors (Lipinski definition) is 2. The van der Waals surface area contributed by atoms with Gasteiger partial charge in [-0.3, -0.25) is 19.3 Å². The van der Waals surface area contributed by atoms with Gasteiger partial charge in [0.25, 0.3) is 6.47 Å². The van der Waals surface area contributed by atoms with Crippen molar-refractivity contribution in [1.29, 1.82) is 0 Å². The van der Waals surface area contributed by atoms with Crippen LogP contribution in [0.2, 0.25) is 0 Å². The second-order valence-electron chi connectivity index (χ2n) is 3.10. The number of nitrogens with zero attached hydrogens (tertiary/aromatic N) is 1. The third-order valence-electron chi connectivity index (χ3n) is 1.88. The standard InChI is InChI=1S/C9H15NO6/c11-7-16-6-5-10(3-1-8(12)13)4-2-9(14)15/h7H,1-6H2,(H,12,13)(H,14,15). The van der Waals surface area contributed by atoms with Crippen molar-refractivity contribution < 1.29 is 29.3 Å². The molecule has 0 fully saturated rings. The largest absolute Gasteiger partial charge is 0.481 e. The lowest BCUT2D eigenvalue weighted by Gasteiger charge is -2.19. The van der Waals surface area contributed by atoms with E-state index in [1.807, 2.05) is 0 Å². The molecule has 0 aliphatic heterocycles. The lowest BCUT2D eigenvalue weighted by Crippen LogP contribution is -2.32. The highest BCUT2D eigenvalue weighted by molar-refractivity contribution is 5.67. The van der Waals surface area contributed by atoms with E-state index in [1.165, 1.54) is 0 Å². The summed E-state index contributed by atoms with van der Waals surface area (Å²) >= 11 is 0. The Hall–Kier alpha value is -1.63. The molecule has 0 aromatic rings. The monoisotopic (exact) mass is 233 g/mol. The molecule has 0 bridgehead atoms. The van der Waals surface area contributed by atoms with Gasteiger partial charge in [0, 0.05) is 19.6 Å². The van der Waals surface area contributed by atoms with Crippen molar-refractivity contribution in [2.45, 2.75) is 12.8 Å². The number of rotatable bonds is 10.